The van der Waals surface area contributed by atoms with E-state index in [1.54, 1.807) is 6.07 Å². The molecule has 0 atom stereocenters. The van der Waals surface area contributed by atoms with Gasteiger partial charge in [-0.05, 0) is 23.6 Å². The molecule has 4 rings (SSSR count). The van der Waals surface area contributed by atoms with Crippen LogP contribution in [0.3, 0.4) is 0 Å². The second kappa shape index (κ2) is 5.45. The topological polar surface area (TPSA) is 44.9 Å². The number of aromatic amines is 1. The Bertz CT molecular complexity index is 1030. The predicted molar refractivity (Wildman–Crippen MR) is 95.2 cm³/mol. The maximum atomic E-state index is 12.6. The summed E-state index contributed by atoms with van der Waals surface area (Å²) in [7, 11) is 0. The number of anilines is 1. The lowest BCUT2D eigenvalue weighted by Crippen LogP contribution is -2.12. The van der Waals surface area contributed by atoms with Crippen LogP contribution in [0, 0.1) is 0 Å². The number of hydrogen-bond acceptors (Lipinski definition) is 1. The van der Waals surface area contributed by atoms with Gasteiger partial charge in [-0.2, -0.15) is 0 Å². The number of H-pyrrole nitrogens is 1. The highest BCUT2D eigenvalue weighted by atomic mass is 35.5. The number of fused-ring (bicyclic) bond motifs is 2. The second-order valence-electron chi connectivity index (χ2n) is 5.37. The Morgan fingerprint density at radius 2 is 1.65 bits per heavy atom. The van der Waals surface area contributed by atoms with Crippen LogP contribution in [0.5, 0.6) is 0 Å². The number of aromatic nitrogens is 1. The quantitative estimate of drug-likeness (QED) is 0.522. The number of amides is 1. The van der Waals surface area contributed by atoms with E-state index in [-0.39, 0.29) is 5.91 Å². The van der Waals surface area contributed by atoms with Gasteiger partial charge < -0.3 is 10.3 Å². The molecule has 0 fully saturated rings. The van der Waals surface area contributed by atoms with Gasteiger partial charge in [0.25, 0.3) is 5.91 Å². The molecule has 0 unspecified atom stereocenters. The first-order valence-electron chi connectivity index (χ1n) is 7.29. The molecule has 1 amide bonds. The number of para-hydroxylation sites is 1. The molecule has 0 aliphatic carbocycles. The summed E-state index contributed by atoms with van der Waals surface area (Å²) in [5, 5.41) is 6.59. The van der Waals surface area contributed by atoms with E-state index in [1.165, 1.54) is 0 Å². The molecule has 4 aromatic rings. The van der Waals surface area contributed by atoms with Crippen LogP contribution in [0.25, 0.3) is 21.7 Å². The van der Waals surface area contributed by atoms with Crippen LogP contribution in [0.1, 0.15) is 10.5 Å². The van der Waals surface area contributed by atoms with Crippen LogP contribution in [0.2, 0.25) is 5.02 Å². The lowest BCUT2D eigenvalue weighted by Gasteiger charge is -2.07. The van der Waals surface area contributed by atoms with E-state index in [0.29, 0.717) is 10.7 Å². The summed E-state index contributed by atoms with van der Waals surface area (Å²) in [6.07, 6.45) is 0. The van der Waals surface area contributed by atoms with Gasteiger partial charge in [0, 0.05) is 16.5 Å². The fourth-order valence-electron chi connectivity index (χ4n) is 2.77. The van der Waals surface area contributed by atoms with Crippen LogP contribution in [0.4, 0.5) is 5.69 Å². The number of halogens is 1. The monoisotopic (exact) mass is 320 g/mol. The Morgan fingerprint density at radius 3 is 2.52 bits per heavy atom. The number of hydrogen-bond donors (Lipinski definition) is 2. The molecule has 3 nitrogen and oxygen atoms in total. The van der Waals surface area contributed by atoms with Crippen molar-refractivity contribution in [1.82, 2.24) is 4.98 Å². The van der Waals surface area contributed by atoms with Crippen molar-refractivity contribution in [2.75, 3.05) is 5.32 Å². The van der Waals surface area contributed by atoms with Crippen LogP contribution in [-0.2, 0) is 0 Å². The van der Waals surface area contributed by atoms with Gasteiger partial charge in [-0.3, -0.25) is 4.79 Å². The zero-order chi connectivity index (χ0) is 15.8. The molecule has 2 N–H and O–H groups in total. The maximum absolute atomic E-state index is 12.6. The first kappa shape index (κ1) is 13.9. The average Bonchev–Trinajstić information content (AvgIpc) is 3.01. The van der Waals surface area contributed by atoms with E-state index in [2.05, 4.69) is 10.3 Å². The van der Waals surface area contributed by atoms with Crippen molar-refractivity contribution in [3.63, 3.8) is 0 Å². The van der Waals surface area contributed by atoms with Crippen molar-refractivity contribution in [3.8, 4) is 0 Å². The molecule has 112 valence electrons. The van der Waals surface area contributed by atoms with E-state index in [1.807, 2.05) is 60.7 Å². The third-order valence-electron chi connectivity index (χ3n) is 3.89. The minimum atomic E-state index is -0.186. The second-order valence-corrected chi connectivity index (χ2v) is 5.78. The molecule has 0 spiro atoms. The van der Waals surface area contributed by atoms with Crippen molar-refractivity contribution >= 4 is 44.9 Å². The molecule has 1 aromatic heterocycles. The number of carbonyl (C=O) groups excluding carboxylic acids is 1. The number of rotatable bonds is 2. The normalized spacial score (nSPS) is 11.0. The Kier molecular flexibility index (Phi) is 3.28. The van der Waals surface area contributed by atoms with Gasteiger partial charge in [-0.1, -0.05) is 60.1 Å². The zero-order valence-electron chi connectivity index (χ0n) is 12.1. The Hall–Kier alpha value is -2.78. The highest BCUT2D eigenvalue weighted by Gasteiger charge is 2.12. The van der Waals surface area contributed by atoms with E-state index < -0.39 is 0 Å². The summed E-state index contributed by atoms with van der Waals surface area (Å²) in [6.45, 7) is 0. The van der Waals surface area contributed by atoms with Gasteiger partial charge in [0.2, 0.25) is 0 Å². The predicted octanol–water partition coefficient (Wildman–Crippen LogP) is 5.23. The molecule has 0 aliphatic heterocycles. The first-order valence-corrected chi connectivity index (χ1v) is 7.66. The molecule has 4 heteroatoms. The molecule has 0 aliphatic rings. The molecule has 0 saturated heterocycles. The Balaban J connectivity index is 1.72. The van der Waals surface area contributed by atoms with Crippen LogP contribution >= 0.6 is 11.6 Å². The molecule has 3 aromatic carbocycles. The first-order chi connectivity index (χ1) is 11.2. The molecule has 1 heterocycles. The number of nitrogens with one attached hydrogen (secondary N) is 2. The van der Waals surface area contributed by atoms with Gasteiger partial charge in [-0.25, -0.2) is 0 Å². The standard InChI is InChI=1S/C19H13ClN2O/c20-15-9-3-7-13-11-17(21-18(13)15)19(23)22-16-10-4-6-12-5-1-2-8-14(12)16/h1-11,21H,(H,22,23). The molecule has 0 radical (unpaired) electrons. The zero-order valence-corrected chi connectivity index (χ0v) is 12.9. The number of benzene rings is 3. The SMILES string of the molecule is O=C(Nc1cccc2ccccc12)c1cc2cccc(Cl)c2[nH]1. The third-order valence-corrected chi connectivity index (χ3v) is 4.20. The van der Waals surface area contributed by atoms with E-state index in [0.717, 1.165) is 27.4 Å². The van der Waals surface area contributed by atoms with Crippen molar-refractivity contribution in [1.29, 1.82) is 0 Å². The minimum absolute atomic E-state index is 0.186. The average molecular weight is 321 g/mol. The molecule has 0 saturated carbocycles. The summed E-state index contributed by atoms with van der Waals surface area (Å²) in [5.41, 5.74) is 2.05. The fraction of sp³-hybridized carbons (Fsp3) is 0. The molecule has 0 bridgehead atoms. The van der Waals surface area contributed by atoms with Gasteiger partial charge in [0.15, 0.2) is 0 Å². The van der Waals surface area contributed by atoms with E-state index >= 15 is 0 Å². The summed E-state index contributed by atoms with van der Waals surface area (Å²) in [4.78, 5) is 15.6. The van der Waals surface area contributed by atoms with Crippen molar-refractivity contribution in [3.05, 3.63) is 77.4 Å². The molecule has 23 heavy (non-hydrogen) atoms. The highest BCUT2D eigenvalue weighted by molar-refractivity contribution is 6.35. The number of carbonyl (C=O) groups is 1. The largest absolute Gasteiger partial charge is 0.349 e. The molecular formula is C19H13ClN2O. The highest BCUT2D eigenvalue weighted by Crippen LogP contribution is 2.26. The van der Waals surface area contributed by atoms with Gasteiger partial charge in [0.05, 0.1) is 10.5 Å². The summed E-state index contributed by atoms with van der Waals surface area (Å²) < 4.78 is 0. The van der Waals surface area contributed by atoms with Crippen LogP contribution in [-0.4, -0.2) is 10.9 Å². The van der Waals surface area contributed by atoms with Crippen LogP contribution < -0.4 is 5.32 Å². The van der Waals surface area contributed by atoms with Gasteiger partial charge in [0.1, 0.15) is 5.69 Å². The van der Waals surface area contributed by atoms with Gasteiger partial charge >= 0.3 is 0 Å². The lowest BCUT2D eigenvalue weighted by atomic mass is 10.1. The van der Waals surface area contributed by atoms with Crippen molar-refractivity contribution < 1.29 is 4.79 Å². The summed E-state index contributed by atoms with van der Waals surface area (Å²) in [6, 6.07) is 21.2. The summed E-state index contributed by atoms with van der Waals surface area (Å²) >= 11 is 6.15. The fourth-order valence-corrected chi connectivity index (χ4v) is 2.99. The van der Waals surface area contributed by atoms with Crippen LogP contribution in [0.15, 0.2) is 66.7 Å². The third kappa shape index (κ3) is 2.45. The van der Waals surface area contributed by atoms with Gasteiger partial charge in [-0.15, -0.1) is 0 Å². The lowest BCUT2D eigenvalue weighted by molar-refractivity contribution is 0.102. The Labute approximate surface area is 137 Å². The van der Waals surface area contributed by atoms with E-state index in [4.69, 9.17) is 11.6 Å². The molecular weight excluding hydrogens is 308 g/mol. The summed E-state index contributed by atoms with van der Waals surface area (Å²) in [5.74, 6) is -0.186. The van der Waals surface area contributed by atoms with E-state index in [9.17, 15) is 4.79 Å². The maximum Gasteiger partial charge on any atom is 0.272 e. The van der Waals surface area contributed by atoms with Crippen molar-refractivity contribution in [2.24, 2.45) is 0 Å². The minimum Gasteiger partial charge on any atom is -0.349 e. The van der Waals surface area contributed by atoms with Crippen molar-refractivity contribution in [2.45, 2.75) is 0 Å². The Morgan fingerprint density at radius 1 is 0.913 bits per heavy atom. The smallest absolute Gasteiger partial charge is 0.272 e.